The van der Waals surface area contributed by atoms with E-state index >= 15 is 0 Å². The van der Waals surface area contributed by atoms with Crippen LogP contribution in [0.4, 0.5) is 17.6 Å². The number of nitrogens with one attached hydrogen (secondary N) is 2. The zero-order valence-electron chi connectivity index (χ0n) is 19.7. The molecule has 34 heavy (non-hydrogen) atoms. The highest BCUT2D eigenvalue weighted by Gasteiger charge is 2.23. The lowest BCUT2D eigenvalue weighted by molar-refractivity contribution is -0.0787. The van der Waals surface area contributed by atoms with Crippen LogP contribution < -0.4 is 16.4 Å². The van der Waals surface area contributed by atoms with Crippen LogP contribution in [0.25, 0.3) is 17.4 Å². The number of rotatable bonds is 9. The minimum absolute atomic E-state index is 0.171. The van der Waals surface area contributed by atoms with Gasteiger partial charge >= 0.3 is 0 Å². The molecule has 3 heterocycles. The Morgan fingerprint density at radius 1 is 1.09 bits per heavy atom. The van der Waals surface area contributed by atoms with Crippen LogP contribution in [0.3, 0.4) is 0 Å². The first-order valence-corrected chi connectivity index (χ1v) is 11.0. The van der Waals surface area contributed by atoms with Crippen LogP contribution in [-0.4, -0.2) is 54.2 Å². The molecule has 1 unspecified atom stereocenters. The van der Waals surface area contributed by atoms with Gasteiger partial charge in [0.05, 0.1) is 18.5 Å². The van der Waals surface area contributed by atoms with Crippen LogP contribution in [-0.2, 0) is 11.2 Å². The van der Waals surface area contributed by atoms with Gasteiger partial charge in [-0.25, -0.2) is 0 Å². The fourth-order valence-electron chi connectivity index (χ4n) is 3.17. The van der Waals surface area contributed by atoms with Gasteiger partial charge in [0.25, 0.3) is 5.78 Å². The number of anilines is 3. The molecule has 1 atom stereocenters. The Morgan fingerprint density at radius 2 is 1.85 bits per heavy atom. The van der Waals surface area contributed by atoms with E-state index in [2.05, 4.69) is 30.7 Å². The topological polar surface area (TPSA) is 149 Å². The first kappa shape index (κ1) is 23.5. The van der Waals surface area contributed by atoms with Crippen molar-refractivity contribution in [3.8, 4) is 11.6 Å². The maximum atomic E-state index is 10.5. The molecule has 0 bridgehead atoms. The number of ether oxygens (including phenoxy) is 1. The third kappa shape index (κ3) is 6.00. The summed E-state index contributed by atoms with van der Waals surface area (Å²) in [6.07, 6.45) is 2.29. The summed E-state index contributed by atoms with van der Waals surface area (Å²) in [6.45, 7) is 8.31. The summed E-state index contributed by atoms with van der Waals surface area (Å²) in [5.74, 6) is 1.80. The van der Waals surface area contributed by atoms with E-state index in [1.807, 2.05) is 45.0 Å². The smallest absolute Gasteiger partial charge is 0.259 e. The highest BCUT2D eigenvalue weighted by Crippen LogP contribution is 2.19. The van der Waals surface area contributed by atoms with Crippen molar-refractivity contribution in [2.24, 2.45) is 0 Å². The van der Waals surface area contributed by atoms with Crippen LogP contribution in [0, 0.1) is 0 Å². The first-order chi connectivity index (χ1) is 16.1. The quantitative estimate of drug-likeness (QED) is 0.271. The standard InChI is InChI=1S/C23H30N8O3/c1-22(2,3)34-14-23(4,32)29-16-9-7-15(8-10-16)11-12-25-20-27-19(24)31-21(28-20)26-18(30-31)17-6-5-13-33-17/h5-10,13,29,32H,11-12,14H2,1-4H3,(H3,24,25,26,27,28,30). The average Bonchev–Trinajstić information content (AvgIpc) is 3.43. The van der Waals surface area contributed by atoms with Gasteiger partial charge in [0.2, 0.25) is 17.7 Å². The lowest BCUT2D eigenvalue weighted by atomic mass is 10.1. The third-order valence-corrected chi connectivity index (χ3v) is 4.83. The Labute approximate surface area is 197 Å². The van der Waals surface area contributed by atoms with Gasteiger partial charge < -0.3 is 30.6 Å². The zero-order valence-corrected chi connectivity index (χ0v) is 19.7. The Balaban J connectivity index is 1.32. The number of aromatic nitrogens is 5. The molecule has 0 saturated heterocycles. The van der Waals surface area contributed by atoms with Crippen LogP contribution in [0.1, 0.15) is 33.3 Å². The number of nitrogens with zero attached hydrogens (tertiary/aromatic N) is 5. The summed E-state index contributed by atoms with van der Waals surface area (Å²) in [5, 5.41) is 21.1. The van der Waals surface area contributed by atoms with Crippen molar-refractivity contribution in [2.75, 3.05) is 29.5 Å². The van der Waals surface area contributed by atoms with Crippen molar-refractivity contribution >= 4 is 23.4 Å². The van der Waals surface area contributed by atoms with E-state index in [1.165, 1.54) is 4.52 Å². The Bertz CT molecular complexity index is 1230. The molecule has 0 radical (unpaired) electrons. The lowest BCUT2D eigenvalue weighted by Crippen LogP contribution is -2.42. The van der Waals surface area contributed by atoms with Gasteiger partial charge in [-0.15, -0.1) is 5.10 Å². The van der Waals surface area contributed by atoms with Crippen LogP contribution in [0.15, 0.2) is 47.1 Å². The van der Waals surface area contributed by atoms with E-state index in [-0.39, 0.29) is 18.2 Å². The van der Waals surface area contributed by atoms with Gasteiger partial charge in [0.15, 0.2) is 11.5 Å². The highest BCUT2D eigenvalue weighted by atomic mass is 16.5. The second-order valence-corrected chi connectivity index (χ2v) is 9.20. The van der Waals surface area contributed by atoms with Crippen molar-refractivity contribution in [2.45, 2.75) is 45.4 Å². The normalized spacial score (nSPS) is 13.7. The van der Waals surface area contributed by atoms with E-state index in [1.54, 1.807) is 25.3 Å². The Morgan fingerprint density at radius 3 is 2.53 bits per heavy atom. The first-order valence-electron chi connectivity index (χ1n) is 11.0. The highest BCUT2D eigenvalue weighted by molar-refractivity contribution is 5.52. The molecule has 0 aliphatic carbocycles. The largest absolute Gasteiger partial charge is 0.461 e. The van der Waals surface area contributed by atoms with Crippen molar-refractivity contribution < 1.29 is 14.3 Å². The molecule has 0 fully saturated rings. The fraction of sp³-hybridized carbons (Fsp3) is 0.391. The molecule has 0 aliphatic heterocycles. The van der Waals surface area contributed by atoms with Gasteiger partial charge in [-0.3, -0.25) is 0 Å². The molecule has 3 aromatic heterocycles. The summed E-state index contributed by atoms with van der Waals surface area (Å²) in [6, 6.07) is 11.4. The molecular formula is C23H30N8O3. The molecule has 180 valence electrons. The number of hydrogen-bond donors (Lipinski definition) is 4. The van der Waals surface area contributed by atoms with Gasteiger partial charge in [0, 0.05) is 12.2 Å². The van der Waals surface area contributed by atoms with E-state index in [0.29, 0.717) is 29.9 Å². The Kier molecular flexibility index (Phi) is 6.40. The number of aliphatic hydroxyl groups is 1. The summed E-state index contributed by atoms with van der Waals surface area (Å²) in [4.78, 5) is 13.0. The monoisotopic (exact) mass is 466 g/mol. The molecule has 0 spiro atoms. The van der Waals surface area contributed by atoms with E-state index in [0.717, 1.165) is 17.7 Å². The maximum Gasteiger partial charge on any atom is 0.259 e. The van der Waals surface area contributed by atoms with Gasteiger partial charge in [-0.05, 0) is 63.9 Å². The molecule has 4 aromatic rings. The summed E-state index contributed by atoms with van der Waals surface area (Å²) in [5.41, 5.74) is 6.44. The van der Waals surface area contributed by atoms with Crippen LogP contribution >= 0.6 is 0 Å². The van der Waals surface area contributed by atoms with Crippen molar-refractivity contribution in [3.05, 3.63) is 48.2 Å². The SMILES string of the molecule is CC(O)(COC(C)(C)C)Nc1ccc(CCNc2nc(N)n3nc(-c4ccco4)nc3n2)cc1. The van der Waals surface area contributed by atoms with E-state index in [4.69, 9.17) is 14.9 Å². The molecule has 4 rings (SSSR count). The van der Waals surface area contributed by atoms with Crippen molar-refractivity contribution in [3.63, 3.8) is 0 Å². The molecule has 11 nitrogen and oxygen atoms in total. The van der Waals surface area contributed by atoms with Gasteiger partial charge in [0.1, 0.15) is 0 Å². The number of furan rings is 1. The number of benzene rings is 1. The predicted octanol–water partition coefficient (Wildman–Crippen LogP) is 2.95. The minimum atomic E-state index is -1.18. The summed E-state index contributed by atoms with van der Waals surface area (Å²) in [7, 11) is 0. The third-order valence-electron chi connectivity index (χ3n) is 4.83. The number of nitrogen functional groups attached to an aromatic ring is 1. The van der Waals surface area contributed by atoms with Crippen molar-refractivity contribution in [1.82, 2.24) is 24.6 Å². The average molecular weight is 467 g/mol. The fourth-order valence-corrected chi connectivity index (χ4v) is 3.17. The maximum absolute atomic E-state index is 10.5. The van der Waals surface area contributed by atoms with E-state index < -0.39 is 5.72 Å². The molecule has 1 aromatic carbocycles. The van der Waals surface area contributed by atoms with Gasteiger partial charge in [-0.1, -0.05) is 12.1 Å². The summed E-state index contributed by atoms with van der Waals surface area (Å²) >= 11 is 0. The van der Waals surface area contributed by atoms with Crippen LogP contribution in [0.5, 0.6) is 0 Å². The number of nitrogens with two attached hydrogens (primary N) is 1. The predicted molar refractivity (Wildman–Crippen MR) is 129 cm³/mol. The number of fused-ring (bicyclic) bond motifs is 1. The number of hydrogen-bond acceptors (Lipinski definition) is 10. The minimum Gasteiger partial charge on any atom is -0.461 e. The van der Waals surface area contributed by atoms with Gasteiger partial charge in [-0.2, -0.15) is 19.5 Å². The summed E-state index contributed by atoms with van der Waals surface area (Å²) < 4.78 is 12.4. The Hall–Kier alpha value is -3.70. The second kappa shape index (κ2) is 9.27. The van der Waals surface area contributed by atoms with E-state index in [9.17, 15) is 5.11 Å². The molecule has 0 amide bonds. The zero-order chi connectivity index (χ0) is 24.3. The molecule has 0 aliphatic rings. The second-order valence-electron chi connectivity index (χ2n) is 9.20. The molecule has 0 saturated carbocycles. The molecular weight excluding hydrogens is 436 g/mol. The molecule has 5 N–H and O–H groups in total. The van der Waals surface area contributed by atoms with Crippen LogP contribution in [0.2, 0.25) is 0 Å². The lowest BCUT2D eigenvalue weighted by Gasteiger charge is -2.30. The molecule has 11 heteroatoms. The van der Waals surface area contributed by atoms with Crippen molar-refractivity contribution in [1.29, 1.82) is 0 Å².